The van der Waals surface area contributed by atoms with Gasteiger partial charge in [0, 0.05) is 37.2 Å². The number of rotatable bonds is 5. The van der Waals surface area contributed by atoms with E-state index < -0.39 is 0 Å². The lowest BCUT2D eigenvalue weighted by Crippen LogP contribution is -2.38. The van der Waals surface area contributed by atoms with Crippen molar-refractivity contribution in [3.63, 3.8) is 0 Å². The van der Waals surface area contributed by atoms with Crippen molar-refractivity contribution in [2.45, 2.75) is 44.4 Å². The molecule has 0 bridgehead atoms. The molecule has 23 heavy (non-hydrogen) atoms. The summed E-state index contributed by atoms with van der Waals surface area (Å²) in [5.74, 6) is 1.22. The van der Waals surface area contributed by atoms with Gasteiger partial charge in [-0.1, -0.05) is 45.0 Å². The third kappa shape index (κ3) is 6.69. The first-order valence-corrected chi connectivity index (χ1v) is 9.84. The second kappa shape index (κ2) is 8.90. The van der Waals surface area contributed by atoms with Gasteiger partial charge >= 0.3 is 0 Å². The van der Waals surface area contributed by atoms with Crippen molar-refractivity contribution in [1.82, 2.24) is 16.0 Å². The molecule has 0 saturated carbocycles. The fourth-order valence-corrected chi connectivity index (χ4v) is 3.81. The highest BCUT2D eigenvalue weighted by Crippen LogP contribution is 2.22. The molecule has 1 aliphatic rings. The van der Waals surface area contributed by atoms with E-state index in [4.69, 9.17) is 12.2 Å². The number of benzene rings is 1. The Morgan fingerprint density at radius 3 is 2.61 bits per heavy atom. The van der Waals surface area contributed by atoms with Crippen LogP contribution in [0.3, 0.4) is 0 Å². The normalized spacial score (nSPS) is 18.5. The number of nitrogens with one attached hydrogen (secondary N) is 3. The van der Waals surface area contributed by atoms with Gasteiger partial charge in [-0.15, -0.1) is 0 Å². The molecule has 3 N–H and O–H groups in total. The average Bonchev–Trinajstić information content (AvgIpc) is 2.53. The molecule has 1 atom stereocenters. The van der Waals surface area contributed by atoms with Crippen molar-refractivity contribution in [2.75, 3.05) is 25.4 Å². The first-order chi connectivity index (χ1) is 10.9. The van der Waals surface area contributed by atoms with Crippen molar-refractivity contribution in [2.24, 2.45) is 0 Å². The Morgan fingerprint density at radius 1 is 1.26 bits per heavy atom. The Labute approximate surface area is 150 Å². The van der Waals surface area contributed by atoms with Gasteiger partial charge in [0.15, 0.2) is 5.11 Å². The van der Waals surface area contributed by atoms with Crippen LogP contribution in [0, 0.1) is 0 Å². The molecule has 1 aromatic carbocycles. The zero-order chi connectivity index (χ0) is 16.7. The summed E-state index contributed by atoms with van der Waals surface area (Å²) in [4.78, 5) is 0. The predicted molar refractivity (Wildman–Crippen MR) is 106 cm³/mol. The van der Waals surface area contributed by atoms with Crippen LogP contribution in [0.4, 0.5) is 0 Å². The lowest BCUT2D eigenvalue weighted by Gasteiger charge is -2.22. The molecular weight excluding hydrogens is 322 g/mol. The highest BCUT2D eigenvalue weighted by molar-refractivity contribution is 8.00. The monoisotopic (exact) mass is 351 g/mol. The highest BCUT2D eigenvalue weighted by atomic mass is 32.2. The third-order valence-electron chi connectivity index (χ3n) is 4.03. The summed E-state index contributed by atoms with van der Waals surface area (Å²) in [7, 11) is 0. The lowest BCUT2D eigenvalue weighted by atomic mass is 9.87. The number of hydrogen-bond donors (Lipinski definition) is 3. The van der Waals surface area contributed by atoms with E-state index in [9.17, 15) is 0 Å². The zero-order valence-electron chi connectivity index (χ0n) is 14.4. The minimum absolute atomic E-state index is 0.203. The highest BCUT2D eigenvalue weighted by Gasteiger charge is 2.13. The average molecular weight is 352 g/mol. The molecule has 0 amide bonds. The van der Waals surface area contributed by atoms with E-state index in [0.717, 1.165) is 37.7 Å². The van der Waals surface area contributed by atoms with E-state index in [-0.39, 0.29) is 5.41 Å². The summed E-state index contributed by atoms with van der Waals surface area (Å²) in [5, 5.41) is 11.5. The van der Waals surface area contributed by atoms with E-state index in [0.29, 0.717) is 5.25 Å². The van der Waals surface area contributed by atoms with E-state index in [2.05, 4.69) is 72.7 Å². The summed E-state index contributed by atoms with van der Waals surface area (Å²) in [6.45, 7) is 10.7. The molecule has 3 nitrogen and oxygen atoms in total. The summed E-state index contributed by atoms with van der Waals surface area (Å²) >= 11 is 7.42. The van der Waals surface area contributed by atoms with Crippen LogP contribution in [-0.4, -0.2) is 35.7 Å². The van der Waals surface area contributed by atoms with Crippen LogP contribution < -0.4 is 16.0 Å². The Kier molecular flexibility index (Phi) is 7.18. The molecule has 2 rings (SSSR count). The molecule has 1 aromatic rings. The molecule has 1 aliphatic heterocycles. The van der Waals surface area contributed by atoms with Gasteiger partial charge in [0.2, 0.25) is 0 Å². The molecule has 1 saturated heterocycles. The standard InChI is InChI=1S/C18H29N3S2/c1-18(2,3)15-6-4-14(5-7-15)12-21-17(22)20-9-8-16-13-19-10-11-23-16/h4-7,16,19H,8-13H2,1-3H3,(H2,20,21,22). The minimum Gasteiger partial charge on any atom is -0.363 e. The maximum atomic E-state index is 5.36. The van der Waals surface area contributed by atoms with E-state index >= 15 is 0 Å². The van der Waals surface area contributed by atoms with Crippen LogP contribution >= 0.6 is 24.0 Å². The second-order valence-corrected chi connectivity index (χ2v) is 8.86. The molecule has 0 aliphatic carbocycles. The predicted octanol–water partition coefficient (Wildman–Crippen LogP) is 3.04. The van der Waals surface area contributed by atoms with Gasteiger partial charge < -0.3 is 16.0 Å². The Hall–Kier alpha value is -0.780. The van der Waals surface area contributed by atoms with Crippen LogP contribution in [0.15, 0.2) is 24.3 Å². The molecule has 128 valence electrons. The molecule has 1 heterocycles. The Bertz CT molecular complexity index is 488. The van der Waals surface area contributed by atoms with Crippen molar-refractivity contribution in [3.8, 4) is 0 Å². The second-order valence-electron chi connectivity index (χ2n) is 7.04. The SMILES string of the molecule is CC(C)(C)c1ccc(CNC(=S)NCCC2CNCCS2)cc1. The van der Waals surface area contributed by atoms with Crippen LogP contribution in [-0.2, 0) is 12.0 Å². The summed E-state index contributed by atoms with van der Waals surface area (Å²) < 4.78 is 0. The van der Waals surface area contributed by atoms with Gasteiger partial charge in [-0.05, 0) is 35.2 Å². The van der Waals surface area contributed by atoms with Crippen LogP contribution in [0.1, 0.15) is 38.3 Å². The third-order valence-corrected chi connectivity index (χ3v) is 5.63. The van der Waals surface area contributed by atoms with Crippen LogP contribution in [0.5, 0.6) is 0 Å². The van der Waals surface area contributed by atoms with E-state index in [1.54, 1.807) is 0 Å². The summed E-state index contributed by atoms with van der Waals surface area (Å²) in [6, 6.07) is 8.78. The Morgan fingerprint density at radius 2 is 2.00 bits per heavy atom. The molecule has 1 fully saturated rings. The molecule has 0 spiro atoms. The molecule has 5 heteroatoms. The maximum Gasteiger partial charge on any atom is 0.166 e. The van der Waals surface area contributed by atoms with Crippen LogP contribution in [0.25, 0.3) is 0 Å². The zero-order valence-corrected chi connectivity index (χ0v) is 16.1. The first kappa shape index (κ1) is 18.6. The number of hydrogen-bond acceptors (Lipinski definition) is 3. The van der Waals surface area contributed by atoms with Gasteiger partial charge in [0.05, 0.1) is 0 Å². The largest absolute Gasteiger partial charge is 0.363 e. The molecule has 0 radical (unpaired) electrons. The van der Waals surface area contributed by atoms with Gasteiger partial charge in [-0.25, -0.2) is 0 Å². The van der Waals surface area contributed by atoms with Crippen molar-refractivity contribution < 1.29 is 0 Å². The van der Waals surface area contributed by atoms with E-state index in [1.165, 1.54) is 16.9 Å². The quantitative estimate of drug-likeness (QED) is 0.711. The van der Waals surface area contributed by atoms with Crippen molar-refractivity contribution >= 4 is 29.1 Å². The number of thioether (sulfide) groups is 1. The fourth-order valence-electron chi connectivity index (χ4n) is 2.52. The van der Waals surface area contributed by atoms with Gasteiger partial charge in [0.25, 0.3) is 0 Å². The number of thiocarbonyl (C=S) groups is 1. The lowest BCUT2D eigenvalue weighted by molar-refractivity contribution is 0.590. The van der Waals surface area contributed by atoms with Crippen molar-refractivity contribution in [1.29, 1.82) is 0 Å². The summed E-state index contributed by atoms with van der Waals surface area (Å²) in [5.41, 5.74) is 2.82. The van der Waals surface area contributed by atoms with Gasteiger partial charge in [0.1, 0.15) is 0 Å². The van der Waals surface area contributed by atoms with E-state index in [1.807, 2.05) is 0 Å². The molecule has 1 unspecified atom stereocenters. The van der Waals surface area contributed by atoms with Gasteiger partial charge in [-0.3, -0.25) is 0 Å². The summed E-state index contributed by atoms with van der Waals surface area (Å²) in [6.07, 6.45) is 1.15. The fraction of sp³-hybridized carbons (Fsp3) is 0.611. The minimum atomic E-state index is 0.203. The smallest absolute Gasteiger partial charge is 0.166 e. The molecular formula is C18H29N3S2. The maximum absolute atomic E-state index is 5.36. The van der Waals surface area contributed by atoms with Crippen molar-refractivity contribution in [3.05, 3.63) is 35.4 Å². The topological polar surface area (TPSA) is 36.1 Å². The van der Waals surface area contributed by atoms with Gasteiger partial charge in [-0.2, -0.15) is 11.8 Å². The first-order valence-electron chi connectivity index (χ1n) is 8.38. The van der Waals surface area contributed by atoms with Crippen LogP contribution in [0.2, 0.25) is 0 Å². The molecule has 0 aromatic heterocycles. The Balaban J connectivity index is 1.65.